The first-order valence-electron chi connectivity index (χ1n) is 6.37. The van der Waals surface area contributed by atoms with Gasteiger partial charge in [0.25, 0.3) is 0 Å². The van der Waals surface area contributed by atoms with E-state index < -0.39 is 0 Å². The number of hydrogen-bond donors (Lipinski definition) is 1. The monoisotopic (exact) mass is 231 g/mol. The molecule has 0 bridgehead atoms. The third-order valence-electron chi connectivity index (χ3n) is 3.12. The number of anilines is 1. The lowest BCUT2D eigenvalue weighted by molar-refractivity contribution is 0.566. The van der Waals surface area contributed by atoms with Gasteiger partial charge in [-0.25, -0.2) is 0 Å². The number of nitrogens with two attached hydrogens (primary N) is 1. The summed E-state index contributed by atoms with van der Waals surface area (Å²) in [6.07, 6.45) is 2.17. The van der Waals surface area contributed by atoms with Gasteiger partial charge >= 0.3 is 0 Å². The van der Waals surface area contributed by atoms with E-state index >= 15 is 0 Å². The van der Waals surface area contributed by atoms with Crippen LogP contribution in [-0.2, 0) is 6.42 Å². The third-order valence-corrected chi connectivity index (χ3v) is 3.12. The van der Waals surface area contributed by atoms with Gasteiger partial charge in [-0.2, -0.15) is 0 Å². The minimum Gasteiger partial charge on any atom is -0.370 e. The predicted octanol–water partition coefficient (Wildman–Crippen LogP) is 2.41. The van der Waals surface area contributed by atoms with E-state index in [1.54, 1.807) is 0 Å². The van der Waals surface area contributed by atoms with E-state index in [1.165, 1.54) is 11.3 Å². The van der Waals surface area contributed by atoms with E-state index in [0.29, 0.717) is 11.9 Å². The van der Waals surface area contributed by atoms with Crippen LogP contribution < -0.4 is 10.6 Å². The van der Waals surface area contributed by atoms with Crippen LogP contribution in [-0.4, -0.2) is 19.0 Å². The Hall–Kier alpha value is -1.51. The average Bonchev–Trinajstić information content (AvgIpc) is 2.34. The smallest absolute Gasteiger partial charge is 0.195 e. The van der Waals surface area contributed by atoms with Crippen LogP contribution in [0, 0.1) is 5.92 Å². The Bertz CT molecular complexity index is 412. The lowest BCUT2D eigenvalue weighted by atomic mass is 9.94. The van der Waals surface area contributed by atoms with Crippen LogP contribution in [0.15, 0.2) is 29.3 Å². The molecule has 1 aromatic carbocycles. The summed E-state index contributed by atoms with van der Waals surface area (Å²) in [7, 11) is 0. The number of hydrogen-bond acceptors (Lipinski definition) is 1. The highest BCUT2D eigenvalue weighted by atomic mass is 15.3. The second-order valence-electron chi connectivity index (χ2n) is 4.79. The Balaban J connectivity index is 2.29. The van der Waals surface area contributed by atoms with Gasteiger partial charge < -0.3 is 10.6 Å². The predicted molar refractivity (Wildman–Crippen MR) is 73.4 cm³/mol. The molecule has 17 heavy (non-hydrogen) atoms. The molecule has 0 aliphatic carbocycles. The standard InChI is InChI=1S/C14H21N3/c1-3-8-16-14(15)17-10-11(2)9-12-6-4-5-7-13(12)17/h4-7,11H,3,8-10H2,1-2H3,(H2,15,16). The van der Waals surface area contributed by atoms with Gasteiger partial charge in [0, 0.05) is 18.8 Å². The van der Waals surface area contributed by atoms with E-state index in [4.69, 9.17) is 5.73 Å². The van der Waals surface area contributed by atoms with Crippen LogP contribution >= 0.6 is 0 Å². The normalized spacial score (nSPS) is 20.2. The molecule has 0 aromatic heterocycles. The Morgan fingerprint density at radius 1 is 1.47 bits per heavy atom. The van der Waals surface area contributed by atoms with Crippen LogP contribution in [0.2, 0.25) is 0 Å². The topological polar surface area (TPSA) is 41.6 Å². The molecule has 1 aromatic rings. The van der Waals surface area contributed by atoms with Gasteiger partial charge in [-0.05, 0) is 30.4 Å². The maximum absolute atomic E-state index is 6.09. The molecular weight excluding hydrogens is 210 g/mol. The Kier molecular flexibility index (Phi) is 3.67. The molecule has 3 heteroatoms. The fourth-order valence-corrected chi connectivity index (χ4v) is 2.33. The molecule has 1 aliphatic rings. The largest absolute Gasteiger partial charge is 0.370 e. The zero-order valence-corrected chi connectivity index (χ0v) is 10.7. The zero-order chi connectivity index (χ0) is 12.3. The highest BCUT2D eigenvalue weighted by Crippen LogP contribution is 2.28. The van der Waals surface area contributed by atoms with Gasteiger partial charge in [0.1, 0.15) is 0 Å². The van der Waals surface area contributed by atoms with Crippen LogP contribution in [0.1, 0.15) is 25.8 Å². The quantitative estimate of drug-likeness (QED) is 0.627. The molecule has 0 saturated heterocycles. The molecule has 0 radical (unpaired) electrons. The molecule has 1 heterocycles. The summed E-state index contributed by atoms with van der Waals surface area (Å²) in [6, 6.07) is 8.48. The highest BCUT2D eigenvalue weighted by Gasteiger charge is 2.23. The molecule has 1 unspecified atom stereocenters. The summed E-state index contributed by atoms with van der Waals surface area (Å²) in [5.74, 6) is 1.28. The van der Waals surface area contributed by atoms with E-state index in [1.807, 2.05) is 0 Å². The molecule has 0 amide bonds. The first kappa shape index (κ1) is 12.0. The molecule has 0 spiro atoms. The maximum Gasteiger partial charge on any atom is 0.195 e. The minimum absolute atomic E-state index is 0.625. The lowest BCUT2D eigenvalue weighted by Gasteiger charge is -2.33. The molecule has 2 N–H and O–H groups in total. The first-order chi connectivity index (χ1) is 8.22. The van der Waals surface area contributed by atoms with Crippen LogP contribution in [0.25, 0.3) is 0 Å². The molecule has 0 fully saturated rings. The average molecular weight is 231 g/mol. The number of para-hydroxylation sites is 1. The van der Waals surface area contributed by atoms with Gasteiger partial charge in [0.15, 0.2) is 5.96 Å². The number of aliphatic imine (C=N–C) groups is 1. The zero-order valence-electron chi connectivity index (χ0n) is 10.7. The second-order valence-corrected chi connectivity index (χ2v) is 4.79. The second kappa shape index (κ2) is 5.21. The van der Waals surface area contributed by atoms with Gasteiger partial charge in [-0.1, -0.05) is 32.0 Å². The Morgan fingerprint density at radius 2 is 2.24 bits per heavy atom. The van der Waals surface area contributed by atoms with Crippen LogP contribution in [0.5, 0.6) is 0 Å². The maximum atomic E-state index is 6.09. The number of nitrogens with zero attached hydrogens (tertiary/aromatic N) is 2. The first-order valence-corrected chi connectivity index (χ1v) is 6.37. The SMILES string of the molecule is CCCN=C(N)N1CC(C)Cc2ccccc21. The Labute approximate surface area is 103 Å². The summed E-state index contributed by atoms with van der Waals surface area (Å²) in [4.78, 5) is 6.57. The van der Waals surface area contributed by atoms with Crippen molar-refractivity contribution in [1.82, 2.24) is 0 Å². The lowest BCUT2D eigenvalue weighted by Crippen LogP contribution is -2.43. The molecule has 0 saturated carbocycles. The molecule has 3 nitrogen and oxygen atoms in total. The number of fused-ring (bicyclic) bond motifs is 1. The van der Waals surface area contributed by atoms with Gasteiger partial charge in [-0.15, -0.1) is 0 Å². The van der Waals surface area contributed by atoms with Crippen molar-refractivity contribution < 1.29 is 0 Å². The molecule has 2 rings (SSSR count). The van der Waals surface area contributed by atoms with Crippen molar-refractivity contribution in [2.45, 2.75) is 26.7 Å². The van der Waals surface area contributed by atoms with Crippen molar-refractivity contribution >= 4 is 11.6 Å². The molecule has 1 aliphatic heterocycles. The summed E-state index contributed by atoms with van der Waals surface area (Å²) in [5, 5.41) is 0. The summed E-state index contributed by atoms with van der Waals surface area (Å²) in [6.45, 7) is 6.15. The van der Waals surface area contributed by atoms with E-state index in [2.05, 4.69) is 48.0 Å². The van der Waals surface area contributed by atoms with Crippen molar-refractivity contribution in [3.63, 3.8) is 0 Å². The van der Waals surface area contributed by atoms with E-state index in [0.717, 1.165) is 25.9 Å². The molecular formula is C14H21N3. The van der Waals surface area contributed by atoms with Gasteiger partial charge in [-0.3, -0.25) is 4.99 Å². The fraction of sp³-hybridized carbons (Fsp3) is 0.500. The van der Waals surface area contributed by atoms with E-state index in [9.17, 15) is 0 Å². The van der Waals surface area contributed by atoms with Crippen LogP contribution in [0.4, 0.5) is 5.69 Å². The molecule has 1 atom stereocenters. The minimum atomic E-state index is 0.625. The summed E-state index contributed by atoms with van der Waals surface area (Å²) < 4.78 is 0. The highest BCUT2D eigenvalue weighted by molar-refractivity contribution is 5.96. The van der Waals surface area contributed by atoms with Crippen molar-refractivity contribution in [2.24, 2.45) is 16.6 Å². The van der Waals surface area contributed by atoms with Gasteiger partial charge in [0.05, 0.1) is 0 Å². The summed E-state index contributed by atoms with van der Waals surface area (Å²) in [5.41, 5.74) is 8.69. The van der Waals surface area contributed by atoms with Crippen LogP contribution in [0.3, 0.4) is 0 Å². The Morgan fingerprint density at radius 3 is 3.00 bits per heavy atom. The third kappa shape index (κ3) is 2.60. The number of benzene rings is 1. The van der Waals surface area contributed by atoms with Crippen molar-refractivity contribution in [2.75, 3.05) is 18.0 Å². The number of guanidine groups is 1. The fourth-order valence-electron chi connectivity index (χ4n) is 2.33. The summed E-state index contributed by atoms with van der Waals surface area (Å²) >= 11 is 0. The van der Waals surface area contributed by atoms with Crippen molar-refractivity contribution in [3.05, 3.63) is 29.8 Å². The molecule has 92 valence electrons. The van der Waals surface area contributed by atoms with Crippen molar-refractivity contribution in [1.29, 1.82) is 0 Å². The number of rotatable bonds is 2. The van der Waals surface area contributed by atoms with E-state index in [-0.39, 0.29) is 0 Å². The van der Waals surface area contributed by atoms with Gasteiger partial charge in [0.2, 0.25) is 0 Å². The van der Waals surface area contributed by atoms with Crippen molar-refractivity contribution in [3.8, 4) is 0 Å².